The number of benzene rings is 1. The number of halogens is 2. The van der Waals surface area contributed by atoms with Crippen molar-refractivity contribution in [2.45, 2.75) is 6.04 Å². The summed E-state index contributed by atoms with van der Waals surface area (Å²) < 4.78 is 0. The molecular formula is C11H9Cl2NS. The molecular weight excluding hydrogens is 249 g/mol. The van der Waals surface area contributed by atoms with Gasteiger partial charge in [0, 0.05) is 0 Å². The van der Waals surface area contributed by atoms with E-state index in [0.717, 1.165) is 11.1 Å². The Bertz CT molecular complexity index is 454. The Hall–Kier alpha value is -0.540. The topological polar surface area (TPSA) is 26.0 Å². The van der Waals surface area contributed by atoms with Crippen LogP contribution in [-0.2, 0) is 0 Å². The van der Waals surface area contributed by atoms with Gasteiger partial charge < -0.3 is 5.73 Å². The van der Waals surface area contributed by atoms with E-state index < -0.39 is 0 Å². The minimum atomic E-state index is -0.133. The van der Waals surface area contributed by atoms with Gasteiger partial charge in [0.05, 0.1) is 16.1 Å². The average Bonchev–Trinajstić information content (AvgIpc) is 2.74. The third-order valence-corrected chi connectivity index (χ3v) is 3.65. The highest BCUT2D eigenvalue weighted by Crippen LogP contribution is 2.28. The first kappa shape index (κ1) is 11.0. The lowest BCUT2D eigenvalue weighted by molar-refractivity contribution is 0.877. The van der Waals surface area contributed by atoms with E-state index in [0.29, 0.717) is 10.0 Å². The number of hydrogen-bond donors (Lipinski definition) is 1. The van der Waals surface area contributed by atoms with Gasteiger partial charge in [0.1, 0.15) is 0 Å². The van der Waals surface area contributed by atoms with E-state index in [1.165, 1.54) is 0 Å². The Morgan fingerprint density at radius 2 is 1.87 bits per heavy atom. The highest BCUT2D eigenvalue weighted by atomic mass is 35.5. The van der Waals surface area contributed by atoms with Gasteiger partial charge in [-0.15, -0.1) is 0 Å². The molecule has 0 bridgehead atoms. The summed E-state index contributed by atoms with van der Waals surface area (Å²) in [5.41, 5.74) is 8.16. The Morgan fingerprint density at radius 3 is 2.47 bits per heavy atom. The van der Waals surface area contributed by atoms with E-state index in [1.54, 1.807) is 17.4 Å². The fraction of sp³-hybridized carbons (Fsp3) is 0.0909. The van der Waals surface area contributed by atoms with Crippen LogP contribution in [0.2, 0.25) is 10.0 Å². The van der Waals surface area contributed by atoms with E-state index >= 15 is 0 Å². The first-order valence-electron chi connectivity index (χ1n) is 4.41. The van der Waals surface area contributed by atoms with Crippen LogP contribution in [0.1, 0.15) is 17.2 Å². The molecule has 0 aliphatic rings. The molecule has 2 aromatic rings. The molecule has 2 N–H and O–H groups in total. The summed E-state index contributed by atoms with van der Waals surface area (Å²) >= 11 is 13.4. The molecule has 2 rings (SSSR count). The molecule has 1 aromatic heterocycles. The van der Waals surface area contributed by atoms with Gasteiger partial charge in [-0.1, -0.05) is 29.3 Å². The maximum Gasteiger partial charge on any atom is 0.0595 e. The summed E-state index contributed by atoms with van der Waals surface area (Å²) in [4.78, 5) is 0. The third kappa shape index (κ3) is 2.34. The van der Waals surface area contributed by atoms with E-state index in [-0.39, 0.29) is 6.04 Å². The number of rotatable bonds is 2. The van der Waals surface area contributed by atoms with Crippen LogP contribution < -0.4 is 5.73 Å². The first-order chi connectivity index (χ1) is 7.18. The SMILES string of the molecule is N[C@H](c1ccsc1)c1ccc(Cl)c(Cl)c1. The summed E-state index contributed by atoms with van der Waals surface area (Å²) in [7, 11) is 0. The summed E-state index contributed by atoms with van der Waals surface area (Å²) in [6.45, 7) is 0. The van der Waals surface area contributed by atoms with Gasteiger partial charge in [-0.05, 0) is 40.1 Å². The largest absolute Gasteiger partial charge is 0.320 e. The second-order valence-electron chi connectivity index (χ2n) is 3.21. The zero-order valence-electron chi connectivity index (χ0n) is 7.78. The van der Waals surface area contributed by atoms with E-state index in [2.05, 4.69) is 0 Å². The van der Waals surface area contributed by atoms with Crippen LogP contribution in [0.5, 0.6) is 0 Å². The van der Waals surface area contributed by atoms with Crippen LogP contribution in [0.25, 0.3) is 0 Å². The zero-order chi connectivity index (χ0) is 10.8. The highest BCUT2D eigenvalue weighted by molar-refractivity contribution is 7.08. The summed E-state index contributed by atoms with van der Waals surface area (Å²) in [5.74, 6) is 0. The molecule has 0 saturated carbocycles. The second kappa shape index (κ2) is 4.54. The van der Waals surface area contributed by atoms with Crippen molar-refractivity contribution in [1.82, 2.24) is 0 Å². The standard InChI is InChI=1S/C11H9Cl2NS/c12-9-2-1-7(5-10(9)13)11(14)8-3-4-15-6-8/h1-6,11H,14H2/t11-/m0/s1. The third-order valence-electron chi connectivity index (χ3n) is 2.21. The normalized spacial score (nSPS) is 12.7. The average molecular weight is 258 g/mol. The van der Waals surface area contributed by atoms with Crippen LogP contribution in [0.15, 0.2) is 35.0 Å². The molecule has 15 heavy (non-hydrogen) atoms. The number of nitrogens with two attached hydrogens (primary N) is 1. The van der Waals surface area contributed by atoms with E-state index in [4.69, 9.17) is 28.9 Å². The molecule has 0 saturated heterocycles. The van der Waals surface area contributed by atoms with E-state index in [1.807, 2.05) is 29.0 Å². The first-order valence-corrected chi connectivity index (χ1v) is 6.11. The highest BCUT2D eigenvalue weighted by Gasteiger charge is 2.10. The van der Waals surface area contributed by atoms with Crippen molar-refractivity contribution in [3.63, 3.8) is 0 Å². The lowest BCUT2D eigenvalue weighted by Gasteiger charge is -2.11. The molecule has 1 atom stereocenters. The van der Waals surface area contributed by atoms with Gasteiger partial charge in [-0.3, -0.25) is 0 Å². The molecule has 0 spiro atoms. The predicted molar refractivity (Wildman–Crippen MR) is 66.8 cm³/mol. The smallest absolute Gasteiger partial charge is 0.0595 e. The van der Waals surface area contributed by atoms with Gasteiger partial charge in [-0.25, -0.2) is 0 Å². The molecule has 0 amide bonds. The van der Waals surface area contributed by atoms with Gasteiger partial charge in [0.25, 0.3) is 0 Å². The quantitative estimate of drug-likeness (QED) is 0.862. The fourth-order valence-electron chi connectivity index (χ4n) is 1.35. The molecule has 0 aliphatic carbocycles. The lowest BCUT2D eigenvalue weighted by atomic mass is 10.0. The minimum Gasteiger partial charge on any atom is -0.320 e. The fourth-order valence-corrected chi connectivity index (χ4v) is 2.35. The van der Waals surface area contributed by atoms with Crippen molar-refractivity contribution in [2.24, 2.45) is 5.73 Å². The van der Waals surface area contributed by atoms with Crippen LogP contribution in [0.4, 0.5) is 0 Å². The number of thiophene rings is 1. The molecule has 1 nitrogen and oxygen atoms in total. The Kier molecular flexibility index (Phi) is 3.32. The maximum absolute atomic E-state index is 6.08. The van der Waals surface area contributed by atoms with Crippen molar-refractivity contribution < 1.29 is 0 Å². The van der Waals surface area contributed by atoms with E-state index in [9.17, 15) is 0 Å². The Labute approximate surface area is 102 Å². The van der Waals surface area contributed by atoms with Crippen LogP contribution in [0, 0.1) is 0 Å². The minimum absolute atomic E-state index is 0.133. The van der Waals surface area contributed by atoms with Crippen LogP contribution in [-0.4, -0.2) is 0 Å². The Morgan fingerprint density at radius 1 is 1.07 bits per heavy atom. The maximum atomic E-state index is 6.08. The van der Waals surface area contributed by atoms with Crippen LogP contribution >= 0.6 is 34.5 Å². The van der Waals surface area contributed by atoms with Crippen molar-refractivity contribution in [3.8, 4) is 0 Å². The summed E-state index contributed by atoms with van der Waals surface area (Å²) in [6, 6.07) is 7.36. The van der Waals surface area contributed by atoms with Crippen molar-refractivity contribution >= 4 is 34.5 Å². The second-order valence-corrected chi connectivity index (χ2v) is 4.80. The van der Waals surface area contributed by atoms with Crippen molar-refractivity contribution in [1.29, 1.82) is 0 Å². The van der Waals surface area contributed by atoms with Crippen LogP contribution in [0.3, 0.4) is 0 Å². The molecule has 0 aliphatic heterocycles. The predicted octanol–water partition coefficient (Wildman–Crippen LogP) is 4.10. The molecule has 0 radical (unpaired) electrons. The molecule has 78 valence electrons. The van der Waals surface area contributed by atoms with Gasteiger partial charge in [-0.2, -0.15) is 11.3 Å². The molecule has 0 fully saturated rings. The molecule has 1 heterocycles. The van der Waals surface area contributed by atoms with Gasteiger partial charge >= 0.3 is 0 Å². The zero-order valence-corrected chi connectivity index (χ0v) is 10.1. The van der Waals surface area contributed by atoms with Gasteiger partial charge in [0.2, 0.25) is 0 Å². The summed E-state index contributed by atoms with van der Waals surface area (Å²) in [6.07, 6.45) is 0. The molecule has 4 heteroatoms. The van der Waals surface area contributed by atoms with Gasteiger partial charge in [0.15, 0.2) is 0 Å². The monoisotopic (exact) mass is 257 g/mol. The van der Waals surface area contributed by atoms with Crippen molar-refractivity contribution in [3.05, 3.63) is 56.2 Å². The lowest BCUT2D eigenvalue weighted by Crippen LogP contribution is -2.10. The molecule has 0 unspecified atom stereocenters. The van der Waals surface area contributed by atoms with Crippen molar-refractivity contribution in [2.75, 3.05) is 0 Å². The Balaban J connectivity index is 2.34. The summed E-state index contributed by atoms with van der Waals surface area (Å²) in [5, 5.41) is 5.14. The molecule has 1 aromatic carbocycles. The number of hydrogen-bond acceptors (Lipinski definition) is 2.